The molecule has 3 heterocycles. The molecule has 0 saturated carbocycles. The Morgan fingerprint density at radius 3 is 2.94 bits per heavy atom. The molecule has 4 rings (SSSR count). The molecule has 3 aromatic rings. The van der Waals surface area contributed by atoms with Gasteiger partial charge >= 0.3 is 6.03 Å². The molecule has 2 bridgehead atoms. The second-order valence-corrected chi connectivity index (χ2v) is 7.29. The maximum Gasteiger partial charge on any atom is 0.320 e. The van der Waals surface area contributed by atoms with Crippen LogP contribution >= 0.6 is 0 Å². The molecular formula is C21H24FN5O4. The average Bonchev–Trinajstić information content (AvgIpc) is 3.15. The van der Waals surface area contributed by atoms with E-state index in [2.05, 4.69) is 20.7 Å². The van der Waals surface area contributed by atoms with E-state index < -0.39 is 24.0 Å². The average molecular weight is 429 g/mol. The van der Waals surface area contributed by atoms with Crippen molar-refractivity contribution < 1.29 is 23.8 Å². The van der Waals surface area contributed by atoms with E-state index in [4.69, 9.17) is 9.47 Å². The predicted molar refractivity (Wildman–Crippen MR) is 112 cm³/mol. The summed E-state index contributed by atoms with van der Waals surface area (Å²) >= 11 is 0. The van der Waals surface area contributed by atoms with Gasteiger partial charge in [-0.1, -0.05) is 6.07 Å². The highest BCUT2D eigenvalue weighted by molar-refractivity contribution is 5.92. The number of halogens is 1. The third-order valence-electron chi connectivity index (χ3n) is 5.14. The Labute approximate surface area is 178 Å². The normalized spacial score (nSPS) is 19.8. The van der Waals surface area contributed by atoms with Crippen LogP contribution in [-0.4, -0.2) is 52.3 Å². The van der Waals surface area contributed by atoms with Crippen molar-refractivity contribution in [1.29, 1.82) is 0 Å². The molecule has 0 unspecified atom stereocenters. The number of urea groups is 1. The number of rotatable bonds is 3. The number of aliphatic hydroxyl groups is 1. The van der Waals surface area contributed by atoms with Crippen molar-refractivity contribution in [2.24, 2.45) is 0 Å². The van der Waals surface area contributed by atoms with Gasteiger partial charge in [-0.15, -0.1) is 0 Å². The van der Waals surface area contributed by atoms with E-state index in [0.717, 1.165) is 10.9 Å². The summed E-state index contributed by atoms with van der Waals surface area (Å²) in [5.41, 5.74) is 1.95. The number of aliphatic hydroxyl groups excluding tert-OH is 1. The molecular weight excluding hydrogens is 405 g/mol. The minimum atomic E-state index is -0.811. The van der Waals surface area contributed by atoms with Gasteiger partial charge in [0, 0.05) is 18.4 Å². The van der Waals surface area contributed by atoms with Crippen LogP contribution in [0.2, 0.25) is 0 Å². The number of methoxy groups -OCH3 is 1. The van der Waals surface area contributed by atoms with E-state index in [9.17, 15) is 14.3 Å². The summed E-state index contributed by atoms with van der Waals surface area (Å²) in [5.74, 6) is -0.0996. The molecule has 1 aliphatic rings. The fourth-order valence-corrected chi connectivity index (χ4v) is 3.68. The maximum atomic E-state index is 14.2. The van der Waals surface area contributed by atoms with Crippen LogP contribution in [0.15, 0.2) is 30.5 Å². The molecule has 1 aromatic carbocycles. The topological polar surface area (TPSA) is 111 Å². The van der Waals surface area contributed by atoms with Crippen LogP contribution in [0.4, 0.5) is 15.0 Å². The minimum Gasteiger partial charge on any atom is -0.494 e. The number of carbonyl (C=O) groups excluding carboxylic acids is 1. The van der Waals surface area contributed by atoms with Crippen molar-refractivity contribution in [2.45, 2.75) is 32.0 Å². The number of fused-ring (bicyclic) bond motifs is 4. The molecule has 0 saturated heterocycles. The molecule has 164 valence electrons. The molecule has 9 nitrogen and oxygen atoms in total. The molecule has 0 radical (unpaired) electrons. The fraction of sp³-hybridized carbons (Fsp3) is 0.381. The Kier molecular flexibility index (Phi) is 6.01. The Balaban J connectivity index is 1.66. The number of anilines is 1. The summed E-state index contributed by atoms with van der Waals surface area (Å²) in [5, 5.41) is 21.2. The van der Waals surface area contributed by atoms with Gasteiger partial charge in [-0.2, -0.15) is 5.10 Å². The Morgan fingerprint density at radius 2 is 2.19 bits per heavy atom. The van der Waals surface area contributed by atoms with E-state index in [1.807, 2.05) is 6.92 Å². The summed E-state index contributed by atoms with van der Waals surface area (Å²) in [7, 11) is 1.38. The predicted octanol–water partition coefficient (Wildman–Crippen LogP) is 2.40. The van der Waals surface area contributed by atoms with Gasteiger partial charge in [0.2, 0.25) is 0 Å². The third kappa shape index (κ3) is 4.44. The largest absolute Gasteiger partial charge is 0.494 e. The first kappa shape index (κ1) is 21.0. The van der Waals surface area contributed by atoms with Crippen LogP contribution in [0, 0.1) is 5.82 Å². The summed E-state index contributed by atoms with van der Waals surface area (Å²) in [4.78, 5) is 17.2. The van der Waals surface area contributed by atoms with Gasteiger partial charge in [0.15, 0.2) is 11.6 Å². The number of aryl methyl sites for hydroxylation is 1. The van der Waals surface area contributed by atoms with E-state index >= 15 is 0 Å². The first-order valence-electron chi connectivity index (χ1n) is 10.0. The van der Waals surface area contributed by atoms with Crippen LogP contribution in [0.25, 0.3) is 10.9 Å². The van der Waals surface area contributed by atoms with Crippen LogP contribution in [-0.2, 0) is 17.7 Å². The maximum absolute atomic E-state index is 14.2. The Morgan fingerprint density at radius 1 is 1.35 bits per heavy atom. The third-order valence-corrected chi connectivity index (χ3v) is 5.14. The number of hydrogen-bond acceptors (Lipinski definition) is 6. The lowest BCUT2D eigenvalue weighted by molar-refractivity contribution is 0.0283. The number of benzene rings is 1. The van der Waals surface area contributed by atoms with Gasteiger partial charge < -0.3 is 19.9 Å². The number of pyridine rings is 1. The number of carbonyl (C=O) groups is 1. The molecule has 2 atom stereocenters. The second kappa shape index (κ2) is 8.86. The van der Waals surface area contributed by atoms with E-state index in [-0.39, 0.29) is 25.4 Å². The van der Waals surface area contributed by atoms with Crippen molar-refractivity contribution in [3.05, 3.63) is 47.5 Å². The minimum absolute atomic E-state index is 0.0338. The number of ether oxygens (including phenoxy) is 2. The number of hydrogen-bond donors (Lipinski definition) is 3. The lowest BCUT2D eigenvalue weighted by Crippen LogP contribution is -2.36. The first-order chi connectivity index (χ1) is 15.0. The number of aromatic nitrogens is 3. The van der Waals surface area contributed by atoms with Gasteiger partial charge in [-0.25, -0.2) is 14.2 Å². The van der Waals surface area contributed by atoms with Crippen LogP contribution in [0.5, 0.6) is 5.75 Å². The highest BCUT2D eigenvalue weighted by Crippen LogP contribution is 2.25. The van der Waals surface area contributed by atoms with Crippen molar-refractivity contribution in [3.63, 3.8) is 0 Å². The molecule has 0 spiro atoms. The molecule has 31 heavy (non-hydrogen) atoms. The standard InChI is InChI=1S/C21H24FN5O4/c1-3-27-20-13(9-23-27)7-19-24-16(20)8-14(28)10-31-11-17(25-21(29)26-19)12-4-5-18(30-2)15(22)6-12/h4-7,9,14,17,28H,3,8,10-11H2,1-2H3,(H2,24,25,26,29)/t14-,17-/m1/s1. The highest BCUT2D eigenvalue weighted by Gasteiger charge is 2.21. The van der Waals surface area contributed by atoms with Gasteiger partial charge in [0.1, 0.15) is 5.82 Å². The van der Waals surface area contributed by atoms with E-state index in [1.165, 1.54) is 19.2 Å². The van der Waals surface area contributed by atoms with Gasteiger partial charge in [0.05, 0.1) is 49.9 Å². The highest BCUT2D eigenvalue weighted by atomic mass is 19.1. The Hall–Kier alpha value is -3.24. The van der Waals surface area contributed by atoms with Crippen molar-refractivity contribution in [2.75, 3.05) is 25.6 Å². The second-order valence-electron chi connectivity index (χ2n) is 7.29. The van der Waals surface area contributed by atoms with Crippen LogP contribution in [0.1, 0.15) is 24.2 Å². The van der Waals surface area contributed by atoms with E-state index in [0.29, 0.717) is 23.6 Å². The van der Waals surface area contributed by atoms with Crippen molar-refractivity contribution >= 4 is 22.8 Å². The molecule has 0 fully saturated rings. The van der Waals surface area contributed by atoms with Crippen LogP contribution in [0.3, 0.4) is 0 Å². The van der Waals surface area contributed by atoms with E-state index in [1.54, 1.807) is 23.0 Å². The lowest BCUT2D eigenvalue weighted by Gasteiger charge is -2.22. The molecule has 0 aliphatic carbocycles. The number of nitrogens with one attached hydrogen (secondary N) is 2. The monoisotopic (exact) mass is 429 g/mol. The first-order valence-corrected chi connectivity index (χ1v) is 10.0. The van der Waals surface area contributed by atoms with Crippen LogP contribution < -0.4 is 15.4 Å². The molecule has 2 aromatic heterocycles. The SMILES string of the molecule is CCn1ncc2cc3nc(c21)C[C@@H](O)COC[C@H](c1ccc(OC)c(F)c1)NC(=O)N3. The molecule has 1 aliphatic heterocycles. The smallest absolute Gasteiger partial charge is 0.320 e. The molecule has 3 N–H and O–H groups in total. The van der Waals surface area contributed by atoms with Crippen molar-refractivity contribution in [3.8, 4) is 5.75 Å². The fourth-order valence-electron chi connectivity index (χ4n) is 3.68. The quantitative estimate of drug-likeness (QED) is 0.590. The zero-order chi connectivity index (χ0) is 22.0. The zero-order valence-electron chi connectivity index (χ0n) is 17.3. The lowest BCUT2D eigenvalue weighted by atomic mass is 10.1. The van der Waals surface area contributed by atoms with Gasteiger partial charge in [-0.3, -0.25) is 10.00 Å². The Bertz CT molecular complexity index is 1100. The number of amides is 2. The summed E-state index contributed by atoms with van der Waals surface area (Å²) in [6.45, 7) is 2.71. The zero-order valence-corrected chi connectivity index (χ0v) is 17.3. The summed E-state index contributed by atoms with van der Waals surface area (Å²) < 4.78 is 26.6. The molecule has 2 amide bonds. The number of nitrogens with zero attached hydrogens (tertiary/aromatic N) is 3. The van der Waals surface area contributed by atoms with Gasteiger partial charge in [-0.05, 0) is 30.7 Å². The van der Waals surface area contributed by atoms with Gasteiger partial charge in [0.25, 0.3) is 0 Å². The molecule has 10 heteroatoms. The summed E-state index contributed by atoms with van der Waals surface area (Å²) in [6, 6.07) is 5.01. The summed E-state index contributed by atoms with van der Waals surface area (Å²) in [6.07, 6.45) is 1.13. The van der Waals surface area contributed by atoms with Crippen molar-refractivity contribution in [1.82, 2.24) is 20.1 Å².